The molecule has 2 aliphatic rings. The molecule has 15 nitrogen and oxygen atoms in total. The molecule has 0 spiro atoms. The maximum absolute atomic E-state index is 12.7. The van der Waals surface area contributed by atoms with Gasteiger partial charge in [0.2, 0.25) is 5.75 Å². The number of hydrogen-bond acceptors (Lipinski definition) is 12. The third-order valence-electron chi connectivity index (χ3n) is 8.06. The van der Waals surface area contributed by atoms with Gasteiger partial charge in [-0.1, -0.05) is 41.6 Å². The van der Waals surface area contributed by atoms with Crippen molar-refractivity contribution in [2.24, 2.45) is 0 Å². The number of hydrogen-bond donors (Lipinski definition) is 4. The number of carbonyl (C=O) groups excluding carboxylic acids is 1. The lowest BCUT2D eigenvalue weighted by Gasteiger charge is -2.39. The van der Waals surface area contributed by atoms with Gasteiger partial charge in [-0.2, -0.15) is 0 Å². The number of methoxy groups -OCH3 is 3. The van der Waals surface area contributed by atoms with Gasteiger partial charge in [0.25, 0.3) is 0 Å². The number of carbonyl (C=O) groups is 5. The van der Waals surface area contributed by atoms with Crippen LogP contribution in [0, 0.1) is 0 Å². The maximum atomic E-state index is 12.7. The zero-order valence-electron chi connectivity index (χ0n) is 30.2. The Balaban J connectivity index is 0.000000425. The summed E-state index contributed by atoms with van der Waals surface area (Å²) in [7, 11) is 4.57. The van der Waals surface area contributed by atoms with Gasteiger partial charge in [0.1, 0.15) is 6.61 Å². The monoisotopic (exact) mass is 800 g/mol. The number of carboxylic acid groups (broad SMARTS) is 4. The molecule has 2 aliphatic heterocycles. The molecular formula is C38H41ClN2O13S. The second-order valence-electron chi connectivity index (χ2n) is 11.6. The molecule has 2 heterocycles. The number of piperazine rings is 1. The average Bonchev–Trinajstić information content (AvgIpc) is 3.33. The number of esters is 1. The highest BCUT2D eigenvalue weighted by Gasteiger charge is 2.30. The Morgan fingerprint density at radius 2 is 1.29 bits per heavy atom. The quantitative estimate of drug-likeness (QED) is 0.140. The van der Waals surface area contributed by atoms with E-state index in [1.54, 1.807) is 12.1 Å². The summed E-state index contributed by atoms with van der Waals surface area (Å²) < 4.78 is 21.6. The number of fused-ring (bicyclic) bond motifs is 2. The van der Waals surface area contributed by atoms with Gasteiger partial charge in [-0.15, -0.1) is 0 Å². The van der Waals surface area contributed by atoms with Crippen LogP contribution in [-0.2, 0) is 30.3 Å². The molecule has 1 atom stereocenters. The van der Waals surface area contributed by atoms with E-state index in [2.05, 4.69) is 46.2 Å². The van der Waals surface area contributed by atoms with Gasteiger partial charge in [-0.25, -0.2) is 24.0 Å². The molecule has 0 amide bonds. The second kappa shape index (κ2) is 22.0. The summed E-state index contributed by atoms with van der Waals surface area (Å²) in [6.45, 7) is 4.66. The highest BCUT2D eigenvalue weighted by molar-refractivity contribution is 7.99. The molecule has 3 aromatic carbocycles. The summed E-state index contributed by atoms with van der Waals surface area (Å²) in [5, 5.41) is 32.0. The number of aliphatic carboxylic acids is 4. The van der Waals surface area contributed by atoms with E-state index in [-0.39, 0.29) is 6.04 Å². The summed E-state index contributed by atoms with van der Waals surface area (Å²) >= 11 is 8.28. The predicted octanol–water partition coefficient (Wildman–Crippen LogP) is 5.01. The summed E-state index contributed by atoms with van der Waals surface area (Å²) in [5.41, 5.74) is 3.04. The van der Waals surface area contributed by atoms with Gasteiger partial charge in [0.15, 0.2) is 11.5 Å². The van der Waals surface area contributed by atoms with Gasteiger partial charge >= 0.3 is 29.8 Å². The highest BCUT2D eigenvalue weighted by atomic mass is 35.5. The fourth-order valence-electron chi connectivity index (χ4n) is 5.54. The van der Waals surface area contributed by atoms with Crippen LogP contribution in [0.2, 0.25) is 5.02 Å². The molecule has 4 N–H and O–H groups in total. The van der Waals surface area contributed by atoms with Crippen molar-refractivity contribution >= 4 is 53.2 Å². The molecule has 1 fully saturated rings. The minimum Gasteiger partial charge on any atom is -0.493 e. The van der Waals surface area contributed by atoms with Crippen LogP contribution in [0.15, 0.2) is 88.7 Å². The van der Waals surface area contributed by atoms with E-state index < -0.39 is 29.8 Å². The maximum Gasteiger partial charge on any atom is 0.338 e. The number of halogens is 1. The van der Waals surface area contributed by atoms with E-state index in [0.29, 0.717) is 60.3 Å². The molecule has 0 aromatic heterocycles. The molecule has 0 aliphatic carbocycles. The molecule has 3 aromatic rings. The molecule has 17 heteroatoms. The molecule has 0 radical (unpaired) electrons. The van der Waals surface area contributed by atoms with Gasteiger partial charge in [0.05, 0.1) is 26.9 Å². The van der Waals surface area contributed by atoms with Crippen molar-refractivity contribution < 1.29 is 63.3 Å². The SMILES string of the molecule is COc1cc(C(=O)OCCN2CCN(C3Cc4ccccc4Sc4ccc(Cl)cc43)CC2)cc(OC)c1OC.O=C(O)/C=C\C(=O)O.O=C(O)/C=C\C(=O)O. The van der Waals surface area contributed by atoms with Crippen LogP contribution in [-0.4, -0.2) is 121 Å². The third kappa shape index (κ3) is 14.0. The first-order valence-electron chi connectivity index (χ1n) is 16.5. The molecular weight excluding hydrogens is 760 g/mol. The van der Waals surface area contributed by atoms with E-state index in [1.165, 1.54) is 42.2 Å². The van der Waals surface area contributed by atoms with E-state index in [4.69, 9.17) is 51.0 Å². The molecule has 55 heavy (non-hydrogen) atoms. The fraction of sp³-hybridized carbons (Fsp3) is 0.289. The van der Waals surface area contributed by atoms with Crippen LogP contribution in [0.25, 0.3) is 0 Å². The van der Waals surface area contributed by atoms with Crippen molar-refractivity contribution in [2.45, 2.75) is 22.3 Å². The second-order valence-corrected chi connectivity index (χ2v) is 13.1. The first-order valence-corrected chi connectivity index (χ1v) is 17.7. The first kappa shape index (κ1) is 43.9. The van der Waals surface area contributed by atoms with Crippen LogP contribution in [0.3, 0.4) is 0 Å². The van der Waals surface area contributed by atoms with Crippen molar-refractivity contribution in [3.8, 4) is 17.2 Å². The van der Waals surface area contributed by atoms with Crippen molar-refractivity contribution in [3.05, 3.63) is 101 Å². The Morgan fingerprint density at radius 1 is 0.745 bits per heavy atom. The molecule has 0 bridgehead atoms. The summed E-state index contributed by atoms with van der Waals surface area (Å²) in [5.74, 6) is -4.17. The van der Waals surface area contributed by atoms with Gasteiger partial charge in [0, 0.05) is 77.9 Å². The van der Waals surface area contributed by atoms with Crippen molar-refractivity contribution in [3.63, 3.8) is 0 Å². The van der Waals surface area contributed by atoms with Gasteiger partial charge < -0.3 is 39.4 Å². The normalized spacial score (nSPS) is 15.2. The minimum absolute atomic E-state index is 0.273. The Labute approximate surface area is 326 Å². The number of nitrogens with zero attached hydrogens (tertiary/aromatic N) is 2. The lowest BCUT2D eigenvalue weighted by Crippen LogP contribution is -2.48. The molecule has 5 rings (SSSR count). The third-order valence-corrected chi connectivity index (χ3v) is 9.51. The van der Waals surface area contributed by atoms with E-state index in [0.717, 1.165) is 37.6 Å². The van der Waals surface area contributed by atoms with Crippen LogP contribution < -0.4 is 14.2 Å². The Kier molecular flexibility index (Phi) is 17.5. The van der Waals surface area contributed by atoms with Crippen molar-refractivity contribution in [1.82, 2.24) is 9.80 Å². The van der Waals surface area contributed by atoms with Crippen LogP contribution in [0.4, 0.5) is 0 Å². The Hall–Kier alpha value is -5.55. The topological polar surface area (TPSA) is 210 Å². The highest BCUT2D eigenvalue weighted by Crippen LogP contribution is 2.44. The number of rotatable bonds is 12. The van der Waals surface area contributed by atoms with Gasteiger partial charge in [-0.3, -0.25) is 9.80 Å². The van der Waals surface area contributed by atoms with Crippen LogP contribution in [0.5, 0.6) is 17.2 Å². The van der Waals surface area contributed by atoms with Crippen LogP contribution >= 0.6 is 23.4 Å². The lowest BCUT2D eigenvalue weighted by molar-refractivity contribution is -0.134. The molecule has 1 unspecified atom stereocenters. The average molecular weight is 801 g/mol. The fourth-order valence-corrected chi connectivity index (χ4v) is 6.84. The summed E-state index contributed by atoms with van der Waals surface area (Å²) in [4.78, 5) is 58.5. The van der Waals surface area contributed by atoms with Gasteiger partial charge in [-0.05, 0) is 53.9 Å². The molecule has 1 saturated heterocycles. The smallest absolute Gasteiger partial charge is 0.338 e. The van der Waals surface area contributed by atoms with E-state index in [9.17, 15) is 24.0 Å². The zero-order valence-corrected chi connectivity index (χ0v) is 31.7. The standard InChI is InChI=1S/C30H33ClN2O5S.2C4H4O4/c1-35-25-17-21(18-26(36-2)29(25)37-3)30(34)38-15-14-32-10-12-33(13-11-32)24-16-20-6-4-5-7-27(20)39-28-9-8-22(31)19-23(24)28;2*5-3(6)1-2-4(7)8/h4-9,17-19,24H,10-16H2,1-3H3;2*1-2H,(H,5,6)(H,7,8)/b;2*2-1-. The lowest BCUT2D eigenvalue weighted by atomic mass is 9.96. The first-order chi connectivity index (χ1) is 26.3. The van der Waals surface area contributed by atoms with Crippen molar-refractivity contribution in [1.29, 1.82) is 0 Å². The Morgan fingerprint density at radius 3 is 1.80 bits per heavy atom. The molecule has 294 valence electrons. The number of benzene rings is 3. The minimum atomic E-state index is -1.26. The van der Waals surface area contributed by atoms with Crippen molar-refractivity contribution in [2.75, 3.05) is 60.7 Å². The van der Waals surface area contributed by atoms with E-state index in [1.807, 2.05) is 17.8 Å². The molecule has 0 saturated carbocycles. The summed E-state index contributed by atoms with van der Waals surface area (Å²) in [6.07, 6.45) is 3.19. The zero-order chi connectivity index (χ0) is 40.5. The summed E-state index contributed by atoms with van der Waals surface area (Å²) in [6, 6.07) is 18.4. The van der Waals surface area contributed by atoms with Crippen LogP contribution in [0.1, 0.15) is 27.5 Å². The van der Waals surface area contributed by atoms with E-state index >= 15 is 0 Å². The number of ether oxygens (including phenoxy) is 4. The number of carboxylic acids is 4. The predicted molar refractivity (Wildman–Crippen MR) is 202 cm³/mol. The largest absolute Gasteiger partial charge is 0.493 e. The Bertz CT molecular complexity index is 1800.